The normalized spacial score (nSPS) is 21.0. The van der Waals surface area contributed by atoms with Gasteiger partial charge in [0.15, 0.2) is 0 Å². The van der Waals surface area contributed by atoms with Crippen molar-refractivity contribution in [2.75, 3.05) is 0 Å². The first-order valence-electron chi connectivity index (χ1n) is 8.29. The summed E-state index contributed by atoms with van der Waals surface area (Å²) < 4.78 is 46.4. The number of halogens is 1. The number of benzene rings is 1. The van der Waals surface area contributed by atoms with Gasteiger partial charge in [0.05, 0.1) is 4.90 Å². The van der Waals surface area contributed by atoms with Gasteiger partial charge in [-0.05, 0) is 56.4 Å². The third kappa shape index (κ3) is 4.76. The Kier molecular flexibility index (Phi) is 5.34. The smallest absolute Gasteiger partial charge is 0.240 e. The molecule has 1 N–H and O–H groups in total. The van der Waals surface area contributed by atoms with Crippen LogP contribution in [0.5, 0.6) is 5.88 Å². The van der Waals surface area contributed by atoms with Gasteiger partial charge in [-0.25, -0.2) is 22.5 Å². The van der Waals surface area contributed by atoms with Crippen LogP contribution in [0.2, 0.25) is 0 Å². The summed E-state index contributed by atoms with van der Waals surface area (Å²) in [5.41, 5.74) is 1.07. The van der Waals surface area contributed by atoms with Crippen molar-refractivity contribution in [2.24, 2.45) is 0 Å². The van der Waals surface area contributed by atoms with Crippen LogP contribution < -0.4 is 9.46 Å². The number of hydrogen-bond acceptors (Lipinski definition) is 4. The Balaban J connectivity index is 1.54. The molecular weight excluding hydrogens is 343 g/mol. The monoisotopic (exact) mass is 364 g/mol. The molecule has 1 aromatic heterocycles. The number of sulfonamides is 1. The standard InChI is InChI=1S/C18H21FN2O3S/c1-13-5-10-18(20-12-13)24-16-8-6-15(7-9-16)21-25(22,23)17-4-2-3-14(19)11-17/h2-5,10-12,15-16,21H,6-9H2,1H3. The largest absolute Gasteiger partial charge is 0.474 e. The van der Waals surface area contributed by atoms with Crippen molar-refractivity contribution in [3.05, 3.63) is 54.0 Å². The molecule has 1 aromatic carbocycles. The lowest BCUT2D eigenvalue weighted by Crippen LogP contribution is -2.39. The topological polar surface area (TPSA) is 68.3 Å². The zero-order valence-corrected chi connectivity index (χ0v) is 14.8. The highest BCUT2D eigenvalue weighted by Gasteiger charge is 2.27. The highest BCUT2D eigenvalue weighted by atomic mass is 32.2. The van der Waals surface area contributed by atoms with Gasteiger partial charge in [-0.1, -0.05) is 12.1 Å². The van der Waals surface area contributed by atoms with Crippen LogP contribution in [0, 0.1) is 12.7 Å². The number of hydrogen-bond donors (Lipinski definition) is 1. The van der Waals surface area contributed by atoms with Crippen molar-refractivity contribution in [1.82, 2.24) is 9.71 Å². The van der Waals surface area contributed by atoms with E-state index in [1.807, 2.05) is 19.1 Å². The van der Waals surface area contributed by atoms with E-state index in [4.69, 9.17) is 4.74 Å². The zero-order valence-electron chi connectivity index (χ0n) is 14.0. The highest BCUT2D eigenvalue weighted by Crippen LogP contribution is 2.24. The number of aryl methyl sites for hydroxylation is 1. The fourth-order valence-electron chi connectivity index (χ4n) is 2.91. The summed E-state index contributed by atoms with van der Waals surface area (Å²) in [6, 6.07) is 8.65. The SMILES string of the molecule is Cc1ccc(OC2CCC(NS(=O)(=O)c3cccc(F)c3)CC2)nc1. The number of nitrogens with one attached hydrogen (secondary N) is 1. The van der Waals surface area contributed by atoms with Gasteiger partial charge >= 0.3 is 0 Å². The van der Waals surface area contributed by atoms with Crippen molar-refractivity contribution in [2.45, 2.75) is 49.6 Å². The predicted octanol–water partition coefficient (Wildman–Crippen LogP) is 3.20. The second-order valence-corrected chi connectivity index (χ2v) is 8.06. The van der Waals surface area contributed by atoms with E-state index in [0.717, 1.165) is 24.5 Å². The number of rotatable bonds is 5. The van der Waals surface area contributed by atoms with E-state index in [-0.39, 0.29) is 17.0 Å². The third-order valence-electron chi connectivity index (χ3n) is 4.27. The predicted molar refractivity (Wildman–Crippen MR) is 92.4 cm³/mol. The van der Waals surface area contributed by atoms with Crippen molar-refractivity contribution < 1.29 is 17.5 Å². The molecule has 1 aliphatic carbocycles. The van der Waals surface area contributed by atoms with Crippen LogP contribution in [-0.2, 0) is 10.0 Å². The Bertz CT molecular complexity index is 816. The quantitative estimate of drug-likeness (QED) is 0.885. The zero-order chi connectivity index (χ0) is 17.9. The van der Waals surface area contributed by atoms with Crippen molar-refractivity contribution in [3.63, 3.8) is 0 Å². The van der Waals surface area contributed by atoms with Gasteiger partial charge in [0.2, 0.25) is 15.9 Å². The molecule has 0 aliphatic heterocycles. The van der Waals surface area contributed by atoms with Crippen LogP contribution in [-0.4, -0.2) is 25.5 Å². The molecule has 0 spiro atoms. The van der Waals surface area contributed by atoms with Gasteiger partial charge in [-0.15, -0.1) is 0 Å². The van der Waals surface area contributed by atoms with Crippen molar-refractivity contribution in [3.8, 4) is 5.88 Å². The Morgan fingerprint density at radius 1 is 1.16 bits per heavy atom. The maximum absolute atomic E-state index is 13.2. The molecule has 25 heavy (non-hydrogen) atoms. The molecule has 3 rings (SSSR count). The molecule has 1 aliphatic rings. The van der Waals surface area contributed by atoms with Crippen molar-refractivity contribution in [1.29, 1.82) is 0 Å². The van der Waals surface area contributed by atoms with Crippen LogP contribution in [0.3, 0.4) is 0 Å². The van der Waals surface area contributed by atoms with Crippen LogP contribution in [0.1, 0.15) is 31.2 Å². The van der Waals surface area contributed by atoms with E-state index in [2.05, 4.69) is 9.71 Å². The molecule has 7 heteroatoms. The second kappa shape index (κ2) is 7.49. The van der Waals surface area contributed by atoms with E-state index in [0.29, 0.717) is 18.7 Å². The van der Waals surface area contributed by atoms with Gasteiger partial charge in [0.25, 0.3) is 0 Å². The lowest BCUT2D eigenvalue weighted by Gasteiger charge is -2.29. The van der Waals surface area contributed by atoms with Crippen LogP contribution in [0.25, 0.3) is 0 Å². The van der Waals surface area contributed by atoms with Crippen LogP contribution >= 0.6 is 0 Å². The second-order valence-electron chi connectivity index (χ2n) is 6.34. The van der Waals surface area contributed by atoms with Crippen LogP contribution in [0.4, 0.5) is 4.39 Å². The average Bonchev–Trinajstić information content (AvgIpc) is 2.58. The Hall–Kier alpha value is -1.99. The first-order chi connectivity index (χ1) is 11.9. The minimum atomic E-state index is -3.71. The molecule has 0 atom stereocenters. The average molecular weight is 364 g/mol. The van der Waals surface area contributed by atoms with Gasteiger partial charge in [0, 0.05) is 18.3 Å². The summed E-state index contributed by atoms with van der Waals surface area (Å²) in [6.07, 6.45) is 4.62. The van der Waals surface area contributed by atoms with Gasteiger partial charge in [-0.3, -0.25) is 0 Å². The fourth-order valence-corrected chi connectivity index (χ4v) is 4.25. The minimum Gasteiger partial charge on any atom is -0.474 e. The highest BCUT2D eigenvalue weighted by molar-refractivity contribution is 7.89. The van der Waals surface area contributed by atoms with E-state index < -0.39 is 15.8 Å². The molecule has 1 fully saturated rings. The summed E-state index contributed by atoms with van der Waals surface area (Å²) in [5.74, 6) is 0.0278. The molecule has 0 saturated heterocycles. The van der Waals surface area contributed by atoms with Gasteiger partial charge in [0.1, 0.15) is 11.9 Å². The third-order valence-corrected chi connectivity index (χ3v) is 5.79. The van der Waals surface area contributed by atoms with E-state index >= 15 is 0 Å². The molecular formula is C18H21FN2O3S. The fraction of sp³-hybridized carbons (Fsp3) is 0.389. The van der Waals surface area contributed by atoms with E-state index in [1.54, 1.807) is 6.20 Å². The summed E-state index contributed by atoms with van der Waals surface area (Å²) in [4.78, 5) is 4.18. The molecule has 0 amide bonds. The molecule has 0 bridgehead atoms. The van der Waals surface area contributed by atoms with Crippen LogP contribution in [0.15, 0.2) is 47.5 Å². The van der Waals surface area contributed by atoms with Crippen molar-refractivity contribution >= 4 is 10.0 Å². The van der Waals surface area contributed by atoms with E-state index in [1.165, 1.54) is 18.2 Å². The number of ether oxygens (including phenoxy) is 1. The maximum atomic E-state index is 13.2. The molecule has 2 aromatic rings. The lowest BCUT2D eigenvalue weighted by atomic mass is 9.94. The Morgan fingerprint density at radius 2 is 1.92 bits per heavy atom. The number of aromatic nitrogens is 1. The Labute approximate surface area is 147 Å². The summed E-state index contributed by atoms with van der Waals surface area (Å²) in [5, 5.41) is 0. The lowest BCUT2D eigenvalue weighted by molar-refractivity contribution is 0.138. The molecule has 5 nitrogen and oxygen atoms in total. The number of nitrogens with zero attached hydrogens (tertiary/aromatic N) is 1. The first-order valence-corrected chi connectivity index (χ1v) is 9.78. The number of pyridine rings is 1. The molecule has 0 radical (unpaired) electrons. The van der Waals surface area contributed by atoms with Gasteiger partial charge in [-0.2, -0.15) is 0 Å². The summed E-state index contributed by atoms with van der Waals surface area (Å²) in [7, 11) is -3.71. The first kappa shape index (κ1) is 17.8. The molecule has 0 unspecified atom stereocenters. The Morgan fingerprint density at radius 3 is 2.56 bits per heavy atom. The molecule has 134 valence electrons. The van der Waals surface area contributed by atoms with Gasteiger partial charge < -0.3 is 4.74 Å². The maximum Gasteiger partial charge on any atom is 0.240 e. The summed E-state index contributed by atoms with van der Waals surface area (Å²) >= 11 is 0. The summed E-state index contributed by atoms with van der Waals surface area (Å²) in [6.45, 7) is 1.96. The molecule has 1 saturated carbocycles. The van der Waals surface area contributed by atoms with E-state index in [9.17, 15) is 12.8 Å². The minimum absolute atomic E-state index is 0.0325. The molecule has 1 heterocycles.